The normalized spacial score (nSPS) is 13.3. The average molecular weight is 964 g/mol. The Morgan fingerprint density at radius 2 is 0.532 bits per heavy atom. The zero-order chi connectivity index (χ0) is 45.3. The predicted molar refractivity (Wildman–Crippen MR) is 267 cm³/mol. The first-order valence-electron chi connectivity index (χ1n) is 20.8. The minimum absolute atomic E-state index is 0. The molecule has 0 unspecified atom stereocenters. The molecule has 3 aromatic carbocycles. The maximum Gasteiger partial charge on any atom is -1.00 e. The molecule has 4 rings (SSSR count). The van der Waals surface area contributed by atoms with Gasteiger partial charge in [0.2, 0.25) is 0 Å². The van der Waals surface area contributed by atoms with Crippen molar-refractivity contribution in [2.75, 3.05) is 171 Å². The SMILES string of the molecule is CC1=C(C)[C]([Ti+3])([Si](c2c(C)cc(N(C)C)c(N(C)C)c2N(C)C)(c2c(C)cc(N(C)C)c(N(C)C)c2N(C)C)c2c(C)cc(N(C)C)c(N(C)C)c2N(C)C)C(C)=C1C.[Cl-].[Cl-].[Cl-]. The zero-order valence-electron chi connectivity index (χ0n) is 42.9. The van der Waals surface area contributed by atoms with E-state index in [4.69, 9.17) is 0 Å². The van der Waals surface area contributed by atoms with Crippen LogP contribution in [0.4, 0.5) is 51.2 Å². The van der Waals surface area contributed by atoms with E-state index in [1.54, 1.807) is 0 Å². The van der Waals surface area contributed by atoms with Crippen molar-refractivity contribution in [3.63, 3.8) is 0 Å². The fourth-order valence-electron chi connectivity index (χ4n) is 10.3. The van der Waals surface area contributed by atoms with Gasteiger partial charge < -0.3 is 37.2 Å². The van der Waals surface area contributed by atoms with Gasteiger partial charge in [0.1, 0.15) is 0 Å². The third-order valence-electron chi connectivity index (χ3n) is 13.0. The fraction of sp³-hybridized carbons (Fsp3) is 0.542. The van der Waals surface area contributed by atoms with E-state index in [1.807, 2.05) is 0 Å². The van der Waals surface area contributed by atoms with Crippen molar-refractivity contribution < 1.29 is 57.7 Å². The molecule has 1 aliphatic carbocycles. The summed E-state index contributed by atoms with van der Waals surface area (Å²) >= 11 is 2.64. The topological polar surface area (TPSA) is 29.2 Å². The molecule has 0 radical (unpaired) electrons. The van der Waals surface area contributed by atoms with Gasteiger partial charge in [0.25, 0.3) is 0 Å². The van der Waals surface area contributed by atoms with E-state index < -0.39 is 11.4 Å². The third-order valence-corrected chi connectivity index (χ3v) is 21.9. The molecular formula is C48H78Cl3N9SiTi. The van der Waals surface area contributed by atoms with Crippen LogP contribution in [0, 0.1) is 20.8 Å². The van der Waals surface area contributed by atoms with Crippen molar-refractivity contribution >= 4 is 74.8 Å². The van der Waals surface area contributed by atoms with Crippen molar-refractivity contribution in [2.45, 2.75) is 51.8 Å². The Morgan fingerprint density at radius 3 is 0.694 bits per heavy atom. The summed E-state index contributed by atoms with van der Waals surface area (Å²) in [4.78, 5) is 21.2. The Kier molecular flexibility index (Phi) is 18.9. The minimum Gasteiger partial charge on any atom is -1.00 e. The fourth-order valence-corrected chi connectivity index (χ4v) is 20.1. The molecule has 0 N–H and O–H groups in total. The van der Waals surface area contributed by atoms with Crippen LogP contribution < -0.4 is 96.9 Å². The Balaban J connectivity index is 0.00000641. The molecule has 0 aliphatic heterocycles. The van der Waals surface area contributed by atoms with Gasteiger partial charge in [-0.05, 0) is 0 Å². The van der Waals surface area contributed by atoms with Gasteiger partial charge in [-0.1, -0.05) is 0 Å². The molecule has 1 aliphatic rings. The van der Waals surface area contributed by atoms with Gasteiger partial charge in [0.05, 0.1) is 0 Å². The van der Waals surface area contributed by atoms with Crippen LogP contribution in [0.15, 0.2) is 40.5 Å². The number of nitrogens with zero attached hydrogens (tertiary/aromatic N) is 9. The second-order valence-corrected chi connectivity index (χ2v) is 24.6. The van der Waals surface area contributed by atoms with Gasteiger partial charge >= 0.3 is 375 Å². The maximum absolute atomic E-state index is 3.56. The monoisotopic (exact) mass is 961 g/mol. The summed E-state index contributed by atoms with van der Waals surface area (Å²) in [7, 11) is 36.5. The Morgan fingerprint density at radius 1 is 0.339 bits per heavy atom. The predicted octanol–water partition coefficient (Wildman–Crippen LogP) is -2.38. The first-order chi connectivity index (χ1) is 27.1. The van der Waals surface area contributed by atoms with Crippen molar-refractivity contribution in [1.29, 1.82) is 0 Å². The van der Waals surface area contributed by atoms with Crippen LogP contribution in [0.5, 0.6) is 0 Å². The second-order valence-electron chi connectivity index (χ2n) is 18.9. The van der Waals surface area contributed by atoms with E-state index in [0.717, 1.165) is 0 Å². The summed E-state index contributed by atoms with van der Waals surface area (Å²) in [5, 5.41) is 4.38. The molecular weight excluding hydrogens is 885 g/mol. The Labute approximate surface area is 409 Å². The number of rotatable bonds is 13. The van der Waals surface area contributed by atoms with Crippen LogP contribution in [-0.2, 0) is 20.4 Å². The van der Waals surface area contributed by atoms with Gasteiger partial charge in [-0.25, -0.2) is 0 Å². The number of hydrogen-bond donors (Lipinski definition) is 0. The number of benzene rings is 3. The van der Waals surface area contributed by atoms with E-state index in [2.05, 4.69) is 258 Å². The van der Waals surface area contributed by atoms with Gasteiger partial charge in [0.15, 0.2) is 0 Å². The van der Waals surface area contributed by atoms with E-state index in [9.17, 15) is 0 Å². The first kappa shape index (κ1) is 57.2. The summed E-state index contributed by atoms with van der Waals surface area (Å²) < 4.78 is -0.405. The maximum atomic E-state index is 2.64. The zero-order valence-corrected chi connectivity index (χ0v) is 47.7. The van der Waals surface area contributed by atoms with Gasteiger partial charge in [-0.3, -0.25) is 0 Å². The summed E-state index contributed by atoms with van der Waals surface area (Å²) in [6, 6.07) is 7.48. The molecule has 0 heterocycles. The second kappa shape index (κ2) is 20.5. The molecule has 344 valence electrons. The van der Waals surface area contributed by atoms with Crippen LogP contribution in [0.25, 0.3) is 0 Å². The first-order valence-corrected chi connectivity index (χ1v) is 23.6. The molecule has 0 bridgehead atoms. The summed E-state index contributed by atoms with van der Waals surface area (Å²) in [5.41, 5.74) is 20.9. The van der Waals surface area contributed by atoms with Crippen LogP contribution in [0.1, 0.15) is 44.4 Å². The van der Waals surface area contributed by atoms with Crippen LogP contribution in [0.3, 0.4) is 0 Å². The van der Waals surface area contributed by atoms with Crippen molar-refractivity contribution in [3.05, 3.63) is 57.2 Å². The van der Waals surface area contributed by atoms with Crippen molar-refractivity contribution in [2.24, 2.45) is 0 Å². The molecule has 0 saturated heterocycles. The Hall–Kier alpha value is -2.86. The summed E-state index contributed by atoms with van der Waals surface area (Å²) in [5.74, 6) is 0. The van der Waals surface area contributed by atoms with Crippen molar-refractivity contribution in [3.8, 4) is 0 Å². The van der Waals surface area contributed by atoms with Crippen LogP contribution >= 0.6 is 0 Å². The standard InChI is InChI=1S/C48H78N9Si.3ClH.Ti/c1-29-26-36(49(8)9)39(52(14)15)42(55(20)21)45(29)58(48-34(6)32(4)33(5)35(48)7,46-30(2)27-37(50(10)11)40(53(16)17)43(46)56(22)23)47-31(3)28-38(51(12)13)41(54(18)19)44(47)57(24)25;;;;/h26-28H,1-25H3;3*1H;/q;;;;+3/p-3. The average Bonchev–Trinajstić information content (AvgIpc) is 3.26. The van der Waals surface area contributed by atoms with E-state index in [0.29, 0.717) is 0 Å². The molecule has 0 saturated carbocycles. The number of anilines is 9. The number of aryl methyl sites for hydroxylation is 3. The van der Waals surface area contributed by atoms with E-state index in [-0.39, 0.29) is 37.2 Å². The Bertz CT molecular complexity index is 1970. The largest absolute Gasteiger partial charge is 1.00 e. The molecule has 14 heteroatoms. The quantitative estimate of drug-likeness (QED) is 0.138. The number of hydrogen-bond acceptors (Lipinski definition) is 9. The van der Waals surface area contributed by atoms with E-state index in [1.165, 1.54) is 106 Å². The molecule has 0 fully saturated rings. The van der Waals surface area contributed by atoms with Crippen LogP contribution in [0.2, 0.25) is 3.34 Å². The molecule has 0 aromatic heterocycles. The smallest absolute Gasteiger partial charge is 1.00 e. The van der Waals surface area contributed by atoms with Crippen LogP contribution in [-0.4, -0.2) is 135 Å². The molecule has 3 aromatic rings. The molecule has 0 amide bonds. The van der Waals surface area contributed by atoms with Crippen molar-refractivity contribution in [1.82, 2.24) is 0 Å². The summed E-state index contributed by atoms with van der Waals surface area (Å²) in [6.45, 7) is 16.9. The summed E-state index contributed by atoms with van der Waals surface area (Å²) in [6.07, 6.45) is 0. The molecule has 0 spiro atoms. The number of allylic oxidation sites excluding steroid dienone is 4. The van der Waals surface area contributed by atoms with Gasteiger partial charge in [-0.2, -0.15) is 0 Å². The molecule has 9 nitrogen and oxygen atoms in total. The molecule has 62 heavy (non-hydrogen) atoms. The van der Waals surface area contributed by atoms with E-state index >= 15 is 0 Å². The molecule has 0 atom stereocenters. The van der Waals surface area contributed by atoms with Gasteiger partial charge in [0, 0.05) is 0 Å². The van der Waals surface area contributed by atoms with Gasteiger partial charge in [-0.15, -0.1) is 0 Å². The third kappa shape index (κ3) is 8.67. The number of halogens is 3. The minimum atomic E-state index is -3.56.